The van der Waals surface area contributed by atoms with Gasteiger partial charge in [-0.25, -0.2) is 0 Å². The van der Waals surface area contributed by atoms with Crippen LogP contribution >= 0.6 is 23.4 Å². The molecule has 1 unspecified atom stereocenters. The van der Waals surface area contributed by atoms with Crippen molar-refractivity contribution >= 4 is 40.6 Å². The van der Waals surface area contributed by atoms with E-state index in [1.165, 1.54) is 4.90 Å². The minimum absolute atomic E-state index is 0.0310. The van der Waals surface area contributed by atoms with Gasteiger partial charge >= 0.3 is 0 Å². The van der Waals surface area contributed by atoms with E-state index in [0.717, 1.165) is 11.3 Å². The second-order valence-electron chi connectivity index (χ2n) is 4.62. The Kier molecular flexibility index (Phi) is 3.59. The second kappa shape index (κ2) is 5.38. The molecule has 1 atom stereocenters. The average molecular weight is 305 g/mol. The first-order chi connectivity index (χ1) is 9.65. The van der Waals surface area contributed by atoms with Gasteiger partial charge < -0.3 is 11.1 Å². The highest BCUT2D eigenvalue weighted by Crippen LogP contribution is 2.40. The van der Waals surface area contributed by atoms with Gasteiger partial charge in [-0.1, -0.05) is 29.8 Å². The van der Waals surface area contributed by atoms with Gasteiger partial charge in [-0.05, 0) is 29.8 Å². The molecular formula is C15H13ClN2OS. The number of fused-ring (bicyclic) bond motifs is 1. The van der Waals surface area contributed by atoms with Crippen molar-refractivity contribution in [1.29, 1.82) is 0 Å². The Morgan fingerprint density at radius 3 is 2.90 bits per heavy atom. The highest BCUT2D eigenvalue weighted by atomic mass is 35.5. The first kappa shape index (κ1) is 13.3. The zero-order chi connectivity index (χ0) is 14.1. The summed E-state index contributed by atoms with van der Waals surface area (Å²) >= 11 is 7.56. The molecule has 0 aliphatic carbocycles. The quantitative estimate of drug-likeness (QED) is 0.831. The lowest BCUT2D eigenvalue weighted by molar-refractivity contribution is -0.117. The van der Waals surface area contributed by atoms with Crippen molar-refractivity contribution in [2.24, 2.45) is 0 Å². The van der Waals surface area contributed by atoms with E-state index in [0.29, 0.717) is 16.4 Å². The molecule has 3 rings (SSSR count). The fraction of sp³-hybridized carbons (Fsp3) is 0.133. The van der Waals surface area contributed by atoms with Crippen molar-refractivity contribution in [1.82, 2.24) is 0 Å². The first-order valence-corrected chi connectivity index (χ1v) is 7.59. The number of amides is 1. The lowest BCUT2D eigenvalue weighted by atomic mass is 10.0. The van der Waals surface area contributed by atoms with Crippen LogP contribution in [0.2, 0.25) is 5.02 Å². The molecule has 5 heteroatoms. The van der Waals surface area contributed by atoms with Crippen LogP contribution in [0.25, 0.3) is 0 Å². The van der Waals surface area contributed by atoms with Crippen molar-refractivity contribution < 1.29 is 4.79 Å². The Morgan fingerprint density at radius 2 is 2.10 bits per heavy atom. The molecule has 102 valence electrons. The highest BCUT2D eigenvalue weighted by Gasteiger charge is 2.29. The van der Waals surface area contributed by atoms with Crippen LogP contribution in [0.4, 0.5) is 11.4 Å². The average Bonchev–Trinajstić information content (AvgIpc) is 2.86. The Bertz CT molecular complexity index is 675. The van der Waals surface area contributed by atoms with Crippen LogP contribution in [0.5, 0.6) is 0 Å². The van der Waals surface area contributed by atoms with Gasteiger partial charge in [0.25, 0.3) is 0 Å². The minimum atomic E-state index is -0.133. The number of hydrogen-bond acceptors (Lipinski definition) is 3. The van der Waals surface area contributed by atoms with Gasteiger partial charge in [-0.3, -0.25) is 4.79 Å². The standard InChI is InChI=1S/C15H13ClN2OS/c16-9-5-6-13(12(17)7-9)18-15(19)11-8-20-14-4-2-1-3-10(11)14/h1-7,11H,8,17H2,(H,18,19). The fourth-order valence-corrected chi connectivity index (χ4v) is 3.66. The van der Waals surface area contributed by atoms with Crippen LogP contribution in [0, 0.1) is 0 Å². The van der Waals surface area contributed by atoms with Crippen LogP contribution in [0.1, 0.15) is 11.5 Å². The van der Waals surface area contributed by atoms with Crippen LogP contribution in [-0.4, -0.2) is 11.7 Å². The predicted molar refractivity (Wildman–Crippen MR) is 84.4 cm³/mol. The van der Waals surface area contributed by atoms with Gasteiger partial charge in [0.15, 0.2) is 0 Å². The number of hydrogen-bond donors (Lipinski definition) is 2. The number of carbonyl (C=O) groups excluding carboxylic acids is 1. The molecule has 20 heavy (non-hydrogen) atoms. The summed E-state index contributed by atoms with van der Waals surface area (Å²) in [6, 6.07) is 13.1. The summed E-state index contributed by atoms with van der Waals surface area (Å²) in [5.74, 6) is 0.598. The molecule has 0 radical (unpaired) electrons. The van der Waals surface area contributed by atoms with E-state index in [-0.39, 0.29) is 11.8 Å². The Morgan fingerprint density at radius 1 is 1.30 bits per heavy atom. The summed E-state index contributed by atoms with van der Waals surface area (Å²) in [5, 5.41) is 3.44. The summed E-state index contributed by atoms with van der Waals surface area (Å²) in [6.45, 7) is 0. The molecule has 1 aliphatic heterocycles. The summed E-state index contributed by atoms with van der Waals surface area (Å²) in [6.07, 6.45) is 0. The van der Waals surface area contributed by atoms with Gasteiger partial charge in [-0.15, -0.1) is 11.8 Å². The molecule has 0 saturated carbocycles. The minimum Gasteiger partial charge on any atom is -0.397 e. The molecule has 2 aromatic rings. The molecular weight excluding hydrogens is 292 g/mol. The Hall–Kier alpha value is -1.65. The van der Waals surface area contributed by atoms with Crippen LogP contribution in [0.3, 0.4) is 0 Å². The topological polar surface area (TPSA) is 55.1 Å². The monoisotopic (exact) mass is 304 g/mol. The van der Waals surface area contributed by atoms with Crippen molar-refractivity contribution in [3.05, 3.63) is 53.1 Å². The number of thioether (sulfide) groups is 1. The number of nitrogen functional groups attached to an aromatic ring is 1. The number of halogens is 1. The smallest absolute Gasteiger partial charge is 0.232 e. The fourth-order valence-electron chi connectivity index (χ4n) is 2.25. The molecule has 1 aliphatic rings. The molecule has 0 aromatic heterocycles. The van der Waals surface area contributed by atoms with E-state index in [2.05, 4.69) is 5.32 Å². The van der Waals surface area contributed by atoms with Crippen molar-refractivity contribution in [2.45, 2.75) is 10.8 Å². The van der Waals surface area contributed by atoms with Crippen LogP contribution in [-0.2, 0) is 4.79 Å². The number of benzene rings is 2. The number of nitrogens with two attached hydrogens (primary N) is 1. The normalized spacial score (nSPS) is 16.8. The molecule has 1 heterocycles. The molecule has 3 nitrogen and oxygen atoms in total. The SMILES string of the molecule is Nc1cc(Cl)ccc1NC(=O)C1CSc2ccccc21. The van der Waals surface area contributed by atoms with Gasteiger partial charge in [-0.2, -0.15) is 0 Å². The van der Waals surface area contributed by atoms with E-state index in [1.807, 2.05) is 24.3 Å². The van der Waals surface area contributed by atoms with E-state index < -0.39 is 0 Å². The second-order valence-corrected chi connectivity index (χ2v) is 6.12. The largest absolute Gasteiger partial charge is 0.397 e. The van der Waals surface area contributed by atoms with Gasteiger partial charge in [0.05, 0.1) is 17.3 Å². The molecule has 0 spiro atoms. The zero-order valence-electron chi connectivity index (χ0n) is 10.6. The maximum absolute atomic E-state index is 12.4. The molecule has 0 bridgehead atoms. The lowest BCUT2D eigenvalue weighted by Gasteiger charge is -2.13. The van der Waals surface area contributed by atoms with Crippen LogP contribution < -0.4 is 11.1 Å². The highest BCUT2D eigenvalue weighted by molar-refractivity contribution is 7.99. The van der Waals surface area contributed by atoms with Crippen LogP contribution in [0.15, 0.2) is 47.4 Å². The predicted octanol–water partition coefficient (Wildman–Crippen LogP) is 3.75. The van der Waals surface area contributed by atoms with E-state index in [1.54, 1.807) is 30.0 Å². The molecule has 2 aromatic carbocycles. The van der Waals surface area contributed by atoms with E-state index in [9.17, 15) is 4.79 Å². The number of rotatable bonds is 2. The molecule has 0 saturated heterocycles. The number of anilines is 2. The first-order valence-electron chi connectivity index (χ1n) is 6.23. The third-order valence-electron chi connectivity index (χ3n) is 3.29. The number of nitrogens with one attached hydrogen (secondary N) is 1. The maximum Gasteiger partial charge on any atom is 0.232 e. The van der Waals surface area contributed by atoms with Gasteiger partial charge in [0.1, 0.15) is 0 Å². The summed E-state index contributed by atoms with van der Waals surface area (Å²) in [5.41, 5.74) is 8.03. The molecule has 0 fully saturated rings. The number of carbonyl (C=O) groups is 1. The third kappa shape index (κ3) is 2.49. The molecule has 1 amide bonds. The lowest BCUT2D eigenvalue weighted by Crippen LogP contribution is -2.21. The van der Waals surface area contributed by atoms with E-state index >= 15 is 0 Å². The van der Waals surface area contributed by atoms with Gasteiger partial charge in [0.2, 0.25) is 5.91 Å². The molecule has 3 N–H and O–H groups in total. The summed E-state index contributed by atoms with van der Waals surface area (Å²) in [7, 11) is 0. The van der Waals surface area contributed by atoms with E-state index in [4.69, 9.17) is 17.3 Å². The van der Waals surface area contributed by atoms with Crippen molar-refractivity contribution in [2.75, 3.05) is 16.8 Å². The third-order valence-corrected chi connectivity index (χ3v) is 4.71. The van der Waals surface area contributed by atoms with Gasteiger partial charge in [0, 0.05) is 15.7 Å². The van der Waals surface area contributed by atoms with Crippen molar-refractivity contribution in [3.8, 4) is 0 Å². The zero-order valence-corrected chi connectivity index (χ0v) is 12.2. The van der Waals surface area contributed by atoms with Crippen molar-refractivity contribution in [3.63, 3.8) is 0 Å². The maximum atomic E-state index is 12.4. The Labute approximate surface area is 126 Å². The Balaban J connectivity index is 1.81. The summed E-state index contributed by atoms with van der Waals surface area (Å²) in [4.78, 5) is 13.6. The summed E-state index contributed by atoms with van der Waals surface area (Å²) < 4.78 is 0.